The van der Waals surface area contributed by atoms with E-state index >= 15 is 0 Å². The van der Waals surface area contributed by atoms with Gasteiger partial charge < -0.3 is 10.6 Å². The van der Waals surface area contributed by atoms with Crippen molar-refractivity contribution in [1.82, 2.24) is 10.6 Å². The molecule has 0 radical (unpaired) electrons. The Morgan fingerprint density at radius 2 is 2.25 bits per heavy atom. The minimum Gasteiger partial charge on any atom is -0.354 e. The molecule has 1 amide bonds. The van der Waals surface area contributed by atoms with E-state index in [0.29, 0.717) is 23.0 Å². The van der Waals surface area contributed by atoms with E-state index in [1.807, 2.05) is 19.1 Å². The van der Waals surface area contributed by atoms with Gasteiger partial charge in [-0.05, 0) is 49.9 Å². The average Bonchev–Trinajstić information content (AvgIpc) is 2.91. The van der Waals surface area contributed by atoms with Crippen molar-refractivity contribution in [2.75, 3.05) is 13.1 Å². The summed E-state index contributed by atoms with van der Waals surface area (Å²) < 4.78 is 0. The van der Waals surface area contributed by atoms with E-state index in [1.54, 1.807) is 6.07 Å². The van der Waals surface area contributed by atoms with Gasteiger partial charge in [-0.1, -0.05) is 36.2 Å². The van der Waals surface area contributed by atoms with Crippen molar-refractivity contribution in [1.29, 1.82) is 0 Å². The molecule has 110 valence electrons. The summed E-state index contributed by atoms with van der Waals surface area (Å²) in [5.74, 6) is 0.0996. The van der Waals surface area contributed by atoms with Crippen LogP contribution in [-0.2, 0) is 11.2 Å². The molecular weight excluding hydrogens is 295 g/mol. The third-order valence-electron chi connectivity index (χ3n) is 3.98. The predicted molar refractivity (Wildman–Crippen MR) is 83.4 cm³/mol. The summed E-state index contributed by atoms with van der Waals surface area (Å²) in [5.41, 5.74) is 0.630. The number of amides is 1. The summed E-state index contributed by atoms with van der Waals surface area (Å²) >= 11 is 12.0. The molecule has 2 N–H and O–H groups in total. The second-order valence-corrected chi connectivity index (χ2v) is 6.05. The van der Waals surface area contributed by atoms with E-state index in [4.69, 9.17) is 23.2 Å². The molecule has 2 rings (SSSR count). The van der Waals surface area contributed by atoms with E-state index in [2.05, 4.69) is 10.6 Å². The van der Waals surface area contributed by atoms with Gasteiger partial charge in [0.2, 0.25) is 5.91 Å². The highest BCUT2D eigenvalue weighted by Gasteiger charge is 2.38. The highest BCUT2D eigenvalue weighted by molar-refractivity contribution is 6.35. The lowest BCUT2D eigenvalue weighted by Crippen LogP contribution is -2.53. The van der Waals surface area contributed by atoms with Gasteiger partial charge in [0, 0.05) is 16.6 Å². The first kappa shape index (κ1) is 15.6. The van der Waals surface area contributed by atoms with Crippen LogP contribution >= 0.6 is 23.2 Å². The van der Waals surface area contributed by atoms with E-state index < -0.39 is 0 Å². The van der Waals surface area contributed by atoms with Crippen molar-refractivity contribution in [2.45, 2.75) is 38.1 Å². The van der Waals surface area contributed by atoms with Crippen LogP contribution in [0.5, 0.6) is 0 Å². The van der Waals surface area contributed by atoms with Crippen molar-refractivity contribution in [3.05, 3.63) is 33.8 Å². The standard InChI is InChI=1S/C15H20Cl2N2O/c1-2-15(7-3-8-19-15)14(20)18-9-6-11-4-5-12(16)10-13(11)17/h4-5,10,19H,2-3,6-9H2,1H3,(H,18,20). The zero-order chi connectivity index (χ0) is 14.6. The van der Waals surface area contributed by atoms with Crippen LogP contribution in [0.25, 0.3) is 0 Å². The Balaban J connectivity index is 1.87. The lowest BCUT2D eigenvalue weighted by Gasteiger charge is -2.26. The van der Waals surface area contributed by atoms with Crippen molar-refractivity contribution < 1.29 is 4.79 Å². The Hall–Kier alpha value is -0.770. The molecule has 3 nitrogen and oxygen atoms in total. The molecule has 1 fully saturated rings. The summed E-state index contributed by atoms with van der Waals surface area (Å²) in [6, 6.07) is 5.45. The molecule has 0 saturated carbocycles. The van der Waals surface area contributed by atoms with Gasteiger partial charge in [0.1, 0.15) is 0 Å². The molecule has 0 aromatic heterocycles. The Bertz CT molecular complexity index is 485. The molecule has 0 spiro atoms. The first-order valence-corrected chi connectivity index (χ1v) is 7.80. The van der Waals surface area contributed by atoms with Gasteiger partial charge in [-0.3, -0.25) is 4.79 Å². The van der Waals surface area contributed by atoms with Gasteiger partial charge in [0.25, 0.3) is 0 Å². The number of carbonyl (C=O) groups is 1. The summed E-state index contributed by atoms with van der Waals surface area (Å²) in [6.07, 6.45) is 3.50. The minimum atomic E-state index is -0.371. The normalized spacial score (nSPS) is 21.9. The number of nitrogens with one attached hydrogen (secondary N) is 2. The monoisotopic (exact) mass is 314 g/mol. The smallest absolute Gasteiger partial charge is 0.240 e. The lowest BCUT2D eigenvalue weighted by atomic mass is 9.93. The van der Waals surface area contributed by atoms with Gasteiger partial charge >= 0.3 is 0 Å². The first-order chi connectivity index (χ1) is 9.57. The quantitative estimate of drug-likeness (QED) is 0.876. The highest BCUT2D eigenvalue weighted by atomic mass is 35.5. The zero-order valence-corrected chi connectivity index (χ0v) is 13.2. The Morgan fingerprint density at radius 3 is 2.85 bits per heavy atom. The molecule has 5 heteroatoms. The molecule has 1 heterocycles. The van der Waals surface area contributed by atoms with Gasteiger partial charge in [-0.25, -0.2) is 0 Å². The summed E-state index contributed by atoms with van der Waals surface area (Å²) in [5, 5.41) is 7.62. The van der Waals surface area contributed by atoms with Crippen LogP contribution in [0.1, 0.15) is 31.7 Å². The number of rotatable bonds is 5. The van der Waals surface area contributed by atoms with E-state index in [0.717, 1.165) is 31.4 Å². The van der Waals surface area contributed by atoms with Crippen LogP contribution in [0, 0.1) is 0 Å². The predicted octanol–water partition coefficient (Wildman–Crippen LogP) is 3.18. The van der Waals surface area contributed by atoms with Crippen LogP contribution in [-0.4, -0.2) is 24.5 Å². The Kier molecular flexibility index (Phi) is 5.30. The van der Waals surface area contributed by atoms with Crippen LogP contribution in [0.4, 0.5) is 0 Å². The van der Waals surface area contributed by atoms with Crippen molar-refractivity contribution in [3.8, 4) is 0 Å². The third-order valence-corrected chi connectivity index (χ3v) is 4.56. The molecule has 1 saturated heterocycles. The molecular formula is C15H20Cl2N2O. The lowest BCUT2D eigenvalue weighted by molar-refractivity contribution is -0.127. The van der Waals surface area contributed by atoms with Crippen LogP contribution in [0.15, 0.2) is 18.2 Å². The van der Waals surface area contributed by atoms with Crippen LogP contribution in [0.3, 0.4) is 0 Å². The zero-order valence-electron chi connectivity index (χ0n) is 11.6. The van der Waals surface area contributed by atoms with Crippen molar-refractivity contribution in [3.63, 3.8) is 0 Å². The molecule has 1 aromatic rings. The molecule has 1 atom stereocenters. The van der Waals surface area contributed by atoms with E-state index in [-0.39, 0.29) is 11.4 Å². The summed E-state index contributed by atoms with van der Waals surface area (Å²) in [7, 11) is 0. The topological polar surface area (TPSA) is 41.1 Å². The number of halogens is 2. The van der Waals surface area contributed by atoms with Crippen LogP contribution in [0.2, 0.25) is 10.0 Å². The first-order valence-electron chi connectivity index (χ1n) is 7.04. The second-order valence-electron chi connectivity index (χ2n) is 5.21. The second kappa shape index (κ2) is 6.79. The molecule has 1 unspecified atom stereocenters. The maximum Gasteiger partial charge on any atom is 0.240 e. The van der Waals surface area contributed by atoms with Crippen molar-refractivity contribution >= 4 is 29.1 Å². The molecule has 0 aliphatic carbocycles. The summed E-state index contributed by atoms with van der Waals surface area (Å²) in [4.78, 5) is 12.3. The number of carbonyl (C=O) groups excluding carboxylic acids is 1. The molecule has 1 aliphatic rings. The largest absolute Gasteiger partial charge is 0.354 e. The number of hydrogen-bond acceptors (Lipinski definition) is 2. The SMILES string of the molecule is CCC1(C(=O)NCCc2ccc(Cl)cc2Cl)CCCN1. The number of hydrogen-bond donors (Lipinski definition) is 2. The van der Waals surface area contributed by atoms with Gasteiger partial charge in [0.15, 0.2) is 0 Å². The van der Waals surface area contributed by atoms with Gasteiger partial charge in [-0.15, -0.1) is 0 Å². The fraction of sp³-hybridized carbons (Fsp3) is 0.533. The van der Waals surface area contributed by atoms with Crippen molar-refractivity contribution in [2.24, 2.45) is 0 Å². The average molecular weight is 315 g/mol. The van der Waals surface area contributed by atoms with Gasteiger partial charge in [-0.2, -0.15) is 0 Å². The fourth-order valence-corrected chi connectivity index (χ4v) is 3.17. The molecule has 1 aromatic carbocycles. The Labute approximate surface area is 130 Å². The highest BCUT2D eigenvalue weighted by Crippen LogP contribution is 2.23. The van der Waals surface area contributed by atoms with E-state index in [9.17, 15) is 4.79 Å². The molecule has 20 heavy (non-hydrogen) atoms. The molecule has 1 aliphatic heterocycles. The van der Waals surface area contributed by atoms with Crippen LogP contribution < -0.4 is 10.6 Å². The minimum absolute atomic E-state index is 0.0996. The number of benzene rings is 1. The maximum absolute atomic E-state index is 12.3. The summed E-state index contributed by atoms with van der Waals surface area (Å²) in [6.45, 7) is 3.56. The fourth-order valence-electron chi connectivity index (χ4n) is 2.67. The van der Waals surface area contributed by atoms with Gasteiger partial charge in [0.05, 0.1) is 5.54 Å². The maximum atomic E-state index is 12.3. The Morgan fingerprint density at radius 1 is 1.45 bits per heavy atom. The molecule has 0 bridgehead atoms. The third kappa shape index (κ3) is 3.46. The van der Waals surface area contributed by atoms with E-state index in [1.165, 1.54) is 0 Å².